The minimum atomic E-state index is 0.627. The first-order chi connectivity index (χ1) is 10.2. The Bertz CT molecular complexity index is 847. The summed E-state index contributed by atoms with van der Waals surface area (Å²) in [6.45, 7) is 2.58. The van der Waals surface area contributed by atoms with Crippen LogP contribution in [-0.4, -0.2) is 14.6 Å². The van der Waals surface area contributed by atoms with Crippen molar-refractivity contribution in [3.8, 4) is 6.07 Å². The van der Waals surface area contributed by atoms with E-state index in [1.165, 1.54) is 0 Å². The highest BCUT2D eigenvalue weighted by atomic mass is 79.9. The van der Waals surface area contributed by atoms with Gasteiger partial charge in [-0.15, -0.1) is 0 Å². The van der Waals surface area contributed by atoms with Crippen molar-refractivity contribution in [3.63, 3.8) is 0 Å². The Hall–Kier alpha value is -2.39. The number of aryl methyl sites for hydroxylation is 1. The SMILES string of the molecule is Cc1cc2ncc(CNc3ccc(C#N)cc3Br)cn2n1. The molecule has 0 saturated heterocycles. The van der Waals surface area contributed by atoms with E-state index in [4.69, 9.17) is 5.26 Å². The Balaban J connectivity index is 1.78. The second-order valence-electron chi connectivity index (χ2n) is 4.71. The van der Waals surface area contributed by atoms with Gasteiger partial charge in [0.05, 0.1) is 17.3 Å². The van der Waals surface area contributed by atoms with E-state index >= 15 is 0 Å². The van der Waals surface area contributed by atoms with Gasteiger partial charge >= 0.3 is 0 Å². The molecule has 6 heteroatoms. The van der Waals surface area contributed by atoms with Gasteiger partial charge in [0.15, 0.2) is 5.65 Å². The summed E-state index contributed by atoms with van der Waals surface area (Å²) in [5.74, 6) is 0. The quantitative estimate of drug-likeness (QED) is 0.793. The predicted molar refractivity (Wildman–Crippen MR) is 83.9 cm³/mol. The number of halogens is 1. The maximum atomic E-state index is 8.85. The van der Waals surface area contributed by atoms with E-state index in [2.05, 4.69) is 37.4 Å². The molecule has 0 unspecified atom stereocenters. The number of aromatic nitrogens is 3. The number of benzene rings is 1. The molecule has 0 amide bonds. The average molecular weight is 342 g/mol. The predicted octanol–water partition coefficient (Wildman–Crippen LogP) is 3.28. The van der Waals surface area contributed by atoms with Gasteiger partial charge < -0.3 is 5.32 Å². The highest BCUT2D eigenvalue weighted by molar-refractivity contribution is 9.10. The highest BCUT2D eigenvalue weighted by Crippen LogP contribution is 2.23. The van der Waals surface area contributed by atoms with Crippen molar-refractivity contribution in [3.05, 3.63) is 58.0 Å². The van der Waals surface area contributed by atoms with Crippen molar-refractivity contribution in [2.45, 2.75) is 13.5 Å². The van der Waals surface area contributed by atoms with Crippen LogP contribution < -0.4 is 5.32 Å². The van der Waals surface area contributed by atoms with Gasteiger partial charge in [0.1, 0.15) is 0 Å². The summed E-state index contributed by atoms with van der Waals surface area (Å²) < 4.78 is 2.64. The zero-order valence-electron chi connectivity index (χ0n) is 11.3. The second-order valence-corrected chi connectivity index (χ2v) is 5.57. The molecule has 104 valence electrons. The molecule has 0 aliphatic carbocycles. The van der Waals surface area contributed by atoms with Gasteiger partial charge in [-0.2, -0.15) is 10.4 Å². The van der Waals surface area contributed by atoms with Crippen LogP contribution in [0.1, 0.15) is 16.8 Å². The topological polar surface area (TPSA) is 66.0 Å². The summed E-state index contributed by atoms with van der Waals surface area (Å²) in [6, 6.07) is 9.51. The minimum absolute atomic E-state index is 0.627. The molecule has 0 fully saturated rings. The number of nitrogens with zero attached hydrogens (tertiary/aromatic N) is 4. The molecular weight excluding hydrogens is 330 g/mol. The lowest BCUT2D eigenvalue weighted by molar-refractivity contribution is 0.895. The van der Waals surface area contributed by atoms with E-state index in [-0.39, 0.29) is 0 Å². The Kier molecular flexibility index (Phi) is 3.59. The van der Waals surface area contributed by atoms with Gasteiger partial charge in [0, 0.05) is 40.7 Å². The van der Waals surface area contributed by atoms with Crippen LogP contribution in [0.3, 0.4) is 0 Å². The third-order valence-electron chi connectivity index (χ3n) is 3.07. The maximum absolute atomic E-state index is 8.85. The van der Waals surface area contributed by atoms with E-state index in [1.54, 1.807) is 16.6 Å². The summed E-state index contributed by atoms with van der Waals surface area (Å²) >= 11 is 3.46. The molecule has 0 bridgehead atoms. The number of anilines is 1. The third kappa shape index (κ3) is 2.88. The molecule has 5 nitrogen and oxygen atoms in total. The fraction of sp³-hybridized carbons (Fsp3) is 0.133. The van der Waals surface area contributed by atoms with Gasteiger partial charge in [0.25, 0.3) is 0 Å². The van der Waals surface area contributed by atoms with E-state index < -0.39 is 0 Å². The van der Waals surface area contributed by atoms with E-state index in [9.17, 15) is 0 Å². The molecular formula is C15H12BrN5. The van der Waals surface area contributed by atoms with Crippen LogP contribution >= 0.6 is 15.9 Å². The first kappa shape index (κ1) is 13.6. The lowest BCUT2D eigenvalue weighted by Crippen LogP contribution is -2.03. The van der Waals surface area contributed by atoms with Gasteiger partial charge in [0.2, 0.25) is 0 Å². The Morgan fingerprint density at radius 1 is 1.38 bits per heavy atom. The zero-order chi connectivity index (χ0) is 14.8. The molecule has 0 aliphatic heterocycles. The number of hydrogen-bond donors (Lipinski definition) is 1. The van der Waals surface area contributed by atoms with Crippen LogP contribution in [0.25, 0.3) is 5.65 Å². The van der Waals surface area contributed by atoms with E-state index in [0.29, 0.717) is 12.1 Å². The standard InChI is InChI=1S/C15H12BrN5/c1-10-4-15-19-8-12(9-21(15)20-10)7-18-14-3-2-11(6-17)5-13(14)16/h2-5,8-9,18H,7H2,1H3. The highest BCUT2D eigenvalue weighted by Gasteiger charge is 2.03. The summed E-state index contributed by atoms with van der Waals surface area (Å²) in [7, 11) is 0. The molecule has 0 spiro atoms. The summed E-state index contributed by atoms with van der Waals surface area (Å²) in [5.41, 5.74) is 4.38. The number of nitriles is 1. The largest absolute Gasteiger partial charge is 0.380 e. The lowest BCUT2D eigenvalue weighted by Gasteiger charge is -2.08. The van der Waals surface area contributed by atoms with Crippen LogP contribution in [0, 0.1) is 18.3 Å². The number of hydrogen-bond acceptors (Lipinski definition) is 4. The average Bonchev–Trinajstić information content (AvgIpc) is 2.85. The molecule has 0 aliphatic rings. The van der Waals surface area contributed by atoms with Crippen LogP contribution in [0.4, 0.5) is 5.69 Å². The normalized spacial score (nSPS) is 10.5. The maximum Gasteiger partial charge on any atom is 0.155 e. The summed E-state index contributed by atoms with van der Waals surface area (Å²) in [6.07, 6.45) is 3.79. The van der Waals surface area contributed by atoms with Crippen molar-refractivity contribution >= 4 is 27.3 Å². The van der Waals surface area contributed by atoms with Crippen LogP contribution in [0.2, 0.25) is 0 Å². The monoisotopic (exact) mass is 341 g/mol. The molecule has 21 heavy (non-hydrogen) atoms. The molecule has 0 radical (unpaired) electrons. The third-order valence-corrected chi connectivity index (χ3v) is 3.73. The Morgan fingerprint density at radius 2 is 2.24 bits per heavy atom. The Labute approximate surface area is 130 Å². The van der Waals surface area contributed by atoms with E-state index in [1.807, 2.05) is 31.5 Å². The van der Waals surface area contributed by atoms with Crippen LogP contribution in [0.5, 0.6) is 0 Å². The van der Waals surface area contributed by atoms with Gasteiger partial charge in [-0.25, -0.2) is 9.50 Å². The smallest absolute Gasteiger partial charge is 0.155 e. The van der Waals surface area contributed by atoms with Gasteiger partial charge in [-0.3, -0.25) is 0 Å². The number of nitrogens with one attached hydrogen (secondary N) is 1. The van der Waals surface area contributed by atoms with Crippen molar-refractivity contribution in [2.75, 3.05) is 5.32 Å². The summed E-state index contributed by atoms with van der Waals surface area (Å²) in [4.78, 5) is 4.37. The molecule has 2 aromatic heterocycles. The second kappa shape index (κ2) is 5.54. The molecule has 1 N–H and O–H groups in total. The first-order valence-electron chi connectivity index (χ1n) is 6.40. The van der Waals surface area contributed by atoms with Crippen molar-refractivity contribution in [1.82, 2.24) is 14.6 Å². The number of rotatable bonds is 3. The van der Waals surface area contributed by atoms with Crippen molar-refractivity contribution < 1.29 is 0 Å². The molecule has 3 rings (SSSR count). The van der Waals surface area contributed by atoms with Crippen LogP contribution in [-0.2, 0) is 6.54 Å². The summed E-state index contributed by atoms with van der Waals surface area (Å²) in [5, 5.41) is 16.5. The fourth-order valence-corrected chi connectivity index (χ4v) is 2.57. The van der Waals surface area contributed by atoms with Crippen molar-refractivity contribution in [2.24, 2.45) is 0 Å². The molecule has 3 aromatic rings. The van der Waals surface area contributed by atoms with Crippen LogP contribution in [0.15, 0.2) is 41.1 Å². The number of fused-ring (bicyclic) bond motifs is 1. The van der Waals surface area contributed by atoms with Crippen molar-refractivity contribution in [1.29, 1.82) is 5.26 Å². The molecule has 0 atom stereocenters. The van der Waals surface area contributed by atoms with Gasteiger partial charge in [-0.1, -0.05) is 0 Å². The first-order valence-corrected chi connectivity index (χ1v) is 7.19. The molecule has 0 saturated carbocycles. The van der Waals surface area contributed by atoms with E-state index in [0.717, 1.165) is 27.1 Å². The lowest BCUT2D eigenvalue weighted by atomic mass is 10.2. The minimum Gasteiger partial charge on any atom is -0.380 e. The zero-order valence-corrected chi connectivity index (χ0v) is 12.9. The van der Waals surface area contributed by atoms with Gasteiger partial charge in [-0.05, 0) is 41.1 Å². The molecule has 2 heterocycles. The fourth-order valence-electron chi connectivity index (χ4n) is 2.05. The Morgan fingerprint density at radius 3 is 3.00 bits per heavy atom. The molecule has 1 aromatic carbocycles.